The topological polar surface area (TPSA) is 59.6 Å². The van der Waals surface area contributed by atoms with E-state index in [2.05, 4.69) is 5.32 Å². The van der Waals surface area contributed by atoms with Gasteiger partial charge in [0.25, 0.3) is 0 Å². The molecule has 0 radical (unpaired) electrons. The van der Waals surface area contributed by atoms with Crippen molar-refractivity contribution in [1.29, 1.82) is 10.5 Å². The number of nitriles is 2. The van der Waals surface area contributed by atoms with Gasteiger partial charge in [0.1, 0.15) is 17.7 Å². The molecule has 0 aliphatic heterocycles. The largest absolute Gasteiger partial charge is 0.360 e. The molecule has 0 aromatic heterocycles. The maximum Gasteiger partial charge on any atom is 0.145 e. The predicted octanol–water partition coefficient (Wildman–Crippen LogP) is 3.30. The summed E-state index contributed by atoms with van der Waals surface area (Å²) in [6.45, 7) is 3.81. The Labute approximate surface area is 99.6 Å². The van der Waals surface area contributed by atoms with Gasteiger partial charge >= 0.3 is 0 Å². The number of nitrogens with zero attached hydrogens (tertiary/aromatic N) is 2. The Hall–Kier alpha value is -1.97. The summed E-state index contributed by atoms with van der Waals surface area (Å²) >= 11 is 6.02. The molecule has 0 amide bonds. The lowest BCUT2D eigenvalue weighted by Crippen LogP contribution is -1.92. The second-order valence-corrected chi connectivity index (χ2v) is 3.73. The van der Waals surface area contributed by atoms with E-state index in [-0.39, 0.29) is 5.57 Å². The quantitative estimate of drug-likeness (QED) is 0.795. The van der Waals surface area contributed by atoms with Gasteiger partial charge in [-0.15, -0.1) is 0 Å². The molecule has 0 aliphatic rings. The Morgan fingerprint density at radius 1 is 1.25 bits per heavy atom. The zero-order chi connectivity index (χ0) is 12.1. The minimum absolute atomic E-state index is 0.0326. The summed E-state index contributed by atoms with van der Waals surface area (Å²) in [6.07, 6.45) is 1.38. The third-order valence-corrected chi connectivity index (χ3v) is 2.66. The summed E-state index contributed by atoms with van der Waals surface area (Å²) in [7, 11) is 0. The van der Waals surface area contributed by atoms with Crippen molar-refractivity contribution in [3.63, 3.8) is 0 Å². The highest BCUT2D eigenvalue weighted by molar-refractivity contribution is 6.32. The number of halogens is 1. The third-order valence-electron chi connectivity index (χ3n) is 2.06. The molecule has 0 spiro atoms. The second kappa shape index (κ2) is 5.21. The van der Waals surface area contributed by atoms with Gasteiger partial charge in [0, 0.05) is 16.9 Å². The van der Waals surface area contributed by atoms with Crippen LogP contribution in [0.4, 0.5) is 5.69 Å². The van der Waals surface area contributed by atoms with E-state index in [4.69, 9.17) is 22.1 Å². The summed E-state index contributed by atoms with van der Waals surface area (Å²) in [6, 6.07) is 7.27. The van der Waals surface area contributed by atoms with E-state index in [9.17, 15) is 0 Å². The average Bonchev–Trinajstić information content (AvgIpc) is 2.27. The molecule has 0 saturated carbocycles. The van der Waals surface area contributed by atoms with Gasteiger partial charge in [-0.3, -0.25) is 0 Å². The van der Waals surface area contributed by atoms with E-state index in [1.165, 1.54) is 6.20 Å². The molecular formula is C12H10ClN3. The number of allylic oxidation sites excluding steroid dienone is 1. The monoisotopic (exact) mass is 231 g/mol. The molecule has 1 aromatic carbocycles. The normalized spacial score (nSPS) is 8.81. The fraction of sp³-hybridized carbons (Fsp3) is 0.167. The number of hydrogen-bond donors (Lipinski definition) is 1. The van der Waals surface area contributed by atoms with Crippen LogP contribution in [0.5, 0.6) is 0 Å². The summed E-state index contributed by atoms with van der Waals surface area (Å²) in [5.74, 6) is 0. The molecule has 4 heteroatoms. The van der Waals surface area contributed by atoms with Crippen LogP contribution in [-0.2, 0) is 0 Å². The molecule has 1 N–H and O–H groups in total. The molecule has 3 nitrogen and oxygen atoms in total. The van der Waals surface area contributed by atoms with Crippen LogP contribution < -0.4 is 5.32 Å². The molecule has 0 atom stereocenters. The van der Waals surface area contributed by atoms with Gasteiger partial charge in [0.2, 0.25) is 0 Å². The van der Waals surface area contributed by atoms with E-state index in [1.54, 1.807) is 12.1 Å². The zero-order valence-corrected chi connectivity index (χ0v) is 9.76. The summed E-state index contributed by atoms with van der Waals surface area (Å²) < 4.78 is 0. The number of benzene rings is 1. The lowest BCUT2D eigenvalue weighted by molar-refractivity contribution is 1.37. The summed E-state index contributed by atoms with van der Waals surface area (Å²) in [4.78, 5) is 0. The van der Waals surface area contributed by atoms with Crippen LogP contribution in [0.2, 0.25) is 5.02 Å². The number of nitrogens with one attached hydrogen (secondary N) is 1. The Balaban J connectivity index is 2.98. The highest BCUT2D eigenvalue weighted by Crippen LogP contribution is 2.24. The van der Waals surface area contributed by atoms with Crippen LogP contribution >= 0.6 is 11.6 Å². The minimum Gasteiger partial charge on any atom is -0.360 e. The van der Waals surface area contributed by atoms with Crippen molar-refractivity contribution >= 4 is 17.3 Å². The van der Waals surface area contributed by atoms with Crippen molar-refractivity contribution < 1.29 is 0 Å². The van der Waals surface area contributed by atoms with Gasteiger partial charge in [-0.2, -0.15) is 10.5 Å². The minimum atomic E-state index is 0.0326. The lowest BCUT2D eigenvalue weighted by atomic mass is 10.1. The maximum absolute atomic E-state index is 8.56. The number of rotatable bonds is 2. The van der Waals surface area contributed by atoms with Crippen molar-refractivity contribution in [2.75, 3.05) is 5.32 Å². The van der Waals surface area contributed by atoms with Crippen LogP contribution in [0.3, 0.4) is 0 Å². The number of aryl methyl sites for hydroxylation is 2. The summed E-state index contributed by atoms with van der Waals surface area (Å²) in [5.41, 5.74) is 2.74. The van der Waals surface area contributed by atoms with Crippen LogP contribution in [0.25, 0.3) is 0 Å². The van der Waals surface area contributed by atoms with Crippen molar-refractivity contribution in [1.82, 2.24) is 0 Å². The number of hydrogen-bond acceptors (Lipinski definition) is 3. The highest BCUT2D eigenvalue weighted by atomic mass is 35.5. The highest BCUT2D eigenvalue weighted by Gasteiger charge is 2.01. The molecule has 0 heterocycles. The fourth-order valence-electron chi connectivity index (χ4n) is 1.27. The maximum atomic E-state index is 8.56. The van der Waals surface area contributed by atoms with Gasteiger partial charge < -0.3 is 5.32 Å². The van der Waals surface area contributed by atoms with E-state index in [0.29, 0.717) is 0 Å². The zero-order valence-electron chi connectivity index (χ0n) is 9.00. The average molecular weight is 232 g/mol. The molecule has 0 saturated heterocycles. The molecule has 1 rings (SSSR count). The first-order valence-electron chi connectivity index (χ1n) is 4.62. The SMILES string of the molecule is Cc1cc(NC=C(C#N)C#N)cc(C)c1Cl. The molecule has 0 unspecified atom stereocenters. The number of anilines is 1. The van der Waals surface area contributed by atoms with Crippen LogP contribution in [0.15, 0.2) is 23.9 Å². The van der Waals surface area contributed by atoms with Crippen molar-refractivity contribution in [2.45, 2.75) is 13.8 Å². The van der Waals surface area contributed by atoms with E-state index in [1.807, 2.05) is 26.0 Å². The van der Waals surface area contributed by atoms with Gasteiger partial charge in [0.05, 0.1) is 0 Å². The van der Waals surface area contributed by atoms with E-state index in [0.717, 1.165) is 21.8 Å². The Kier molecular flexibility index (Phi) is 3.94. The molecular weight excluding hydrogens is 222 g/mol. The van der Waals surface area contributed by atoms with Gasteiger partial charge in [-0.25, -0.2) is 0 Å². The van der Waals surface area contributed by atoms with Crippen LogP contribution in [-0.4, -0.2) is 0 Å². The van der Waals surface area contributed by atoms with E-state index < -0.39 is 0 Å². The standard InChI is InChI=1S/C12H10ClN3/c1-8-3-11(4-9(2)12(8)13)16-7-10(5-14)6-15/h3-4,7,16H,1-2H3. The Morgan fingerprint density at radius 3 is 2.19 bits per heavy atom. The van der Waals surface area contributed by atoms with Crippen molar-refractivity contribution in [2.24, 2.45) is 0 Å². The first kappa shape index (κ1) is 12.1. The molecule has 80 valence electrons. The molecule has 0 fully saturated rings. The van der Waals surface area contributed by atoms with Crippen molar-refractivity contribution in [3.05, 3.63) is 40.1 Å². The van der Waals surface area contributed by atoms with E-state index >= 15 is 0 Å². The Morgan fingerprint density at radius 2 is 1.75 bits per heavy atom. The van der Waals surface area contributed by atoms with Gasteiger partial charge in [-0.05, 0) is 37.1 Å². The first-order valence-corrected chi connectivity index (χ1v) is 5.00. The predicted molar refractivity (Wildman–Crippen MR) is 63.9 cm³/mol. The molecule has 1 aromatic rings. The van der Waals surface area contributed by atoms with Gasteiger partial charge in [0.15, 0.2) is 0 Å². The first-order chi connectivity index (χ1) is 7.58. The molecule has 0 bridgehead atoms. The van der Waals surface area contributed by atoms with Crippen molar-refractivity contribution in [3.8, 4) is 12.1 Å². The van der Waals surface area contributed by atoms with Crippen LogP contribution in [0, 0.1) is 36.5 Å². The van der Waals surface area contributed by atoms with Gasteiger partial charge in [-0.1, -0.05) is 11.6 Å². The molecule has 16 heavy (non-hydrogen) atoms. The lowest BCUT2D eigenvalue weighted by Gasteiger charge is -2.07. The van der Waals surface area contributed by atoms with Crippen LogP contribution in [0.1, 0.15) is 11.1 Å². The third kappa shape index (κ3) is 2.76. The molecule has 0 aliphatic carbocycles. The Bertz CT molecular complexity index is 479. The second-order valence-electron chi connectivity index (χ2n) is 3.35. The fourth-order valence-corrected chi connectivity index (χ4v) is 1.38. The summed E-state index contributed by atoms with van der Waals surface area (Å²) in [5, 5.41) is 20.7. The smallest absolute Gasteiger partial charge is 0.145 e.